The van der Waals surface area contributed by atoms with Gasteiger partial charge in [-0.25, -0.2) is 14.0 Å². The quantitative estimate of drug-likeness (QED) is 0.459. The van der Waals surface area contributed by atoms with Gasteiger partial charge in [-0.2, -0.15) is 0 Å². The van der Waals surface area contributed by atoms with Crippen molar-refractivity contribution >= 4 is 40.9 Å². The number of benzene rings is 2. The van der Waals surface area contributed by atoms with E-state index < -0.39 is 35.3 Å². The zero-order valence-electron chi connectivity index (χ0n) is 20.4. The number of esters is 1. The molecule has 3 aromatic rings. The van der Waals surface area contributed by atoms with Gasteiger partial charge in [0.1, 0.15) is 17.4 Å². The van der Waals surface area contributed by atoms with Crippen molar-refractivity contribution < 1.29 is 28.2 Å². The van der Waals surface area contributed by atoms with E-state index in [9.17, 15) is 19.2 Å². The van der Waals surface area contributed by atoms with Gasteiger partial charge in [-0.3, -0.25) is 14.2 Å². The van der Waals surface area contributed by atoms with Gasteiger partial charge in [-0.15, -0.1) is 0 Å². The molecule has 0 spiro atoms. The molecule has 0 radical (unpaired) electrons. The van der Waals surface area contributed by atoms with E-state index in [1.165, 1.54) is 42.5 Å². The Kier molecular flexibility index (Phi) is 8.08. The highest BCUT2D eigenvalue weighted by molar-refractivity contribution is 6.30. The highest BCUT2D eigenvalue weighted by atomic mass is 35.5. The molecule has 0 aliphatic carbocycles. The summed E-state index contributed by atoms with van der Waals surface area (Å²) in [6, 6.07) is 11.6. The number of carbonyl (C=O) groups is 3. The summed E-state index contributed by atoms with van der Waals surface area (Å²) in [5, 5.41) is 5.74. The fraction of sp³-hybridized carbons (Fsp3) is 0.231. The summed E-state index contributed by atoms with van der Waals surface area (Å²) < 4.78 is 26.1. The molecule has 2 heterocycles. The number of methoxy groups -OCH3 is 2. The molecule has 2 N–H and O–H groups in total. The second kappa shape index (κ2) is 11.4. The van der Waals surface area contributed by atoms with E-state index in [0.29, 0.717) is 10.7 Å². The number of pyridine rings is 1. The molecule has 0 saturated carbocycles. The third-order valence-corrected chi connectivity index (χ3v) is 6.35. The molecule has 3 amide bonds. The van der Waals surface area contributed by atoms with E-state index in [1.54, 1.807) is 24.3 Å². The molecule has 1 fully saturated rings. The first kappa shape index (κ1) is 26.8. The smallest absolute Gasteiger partial charge is 0.343 e. The molecule has 1 aromatic heterocycles. The van der Waals surface area contributed by atoms with Gasteiger partial charge in [0, 0.05) is 43.0 Å². The number of anilines is 2. The van der Waals surface area contributed by atoms with Crippen LogP contribution in [0.5, 0.6) is 0 Å². The summed E-state index contributed by atoms with van der Waals surface area (Å²) in [4.78, 5) is 51.8. The Bertz CT molecular complexity index is 1430. The number of nitrogens with zero attached hydrogens (tertiary/aromatic N) is 2. The molecule has 1 saturated heterocycles. The number of rotatable bonds is 6. The maximum atomic E-state index is 15.0. The molecule has 0 bridgehead atoms. The Morgan fingerprint density at radius 3 is 2.45 bits per heavy atom. The van der Waals surface area contributed by atoms with Crippen LogP contribution in [-0.4, -0.2) is 60.3 Å². The van der Waals surface area contributed by atoms with Crippen molar-refractivity contribution in [1.29, 1.82) is 0 Å². The molecule has 1 aliphatic heterocycles. The van der Waals surface area contributed by atoms with Gasteiger partial charge in [-0.05, 0) is 48.5 Å². The SMILES string of the molecule is COC(=O)c1cccn(-c2ccc(NC(=O)C3CC(OC)CN3C(=O)Nc3ccc(Cl)cc3)c(F)c2)c1=O. The summed E-state index contributed by atoms with van der Waals surface area (Å²) in [5.74, 6) is -2.23. The van der Waals surface area contributed by atoms with E-state index in [0.717, 1.165) is 17.7 Å². The molecule has 1 aliphatic rings. The molecule has 38 heavy (non-hydrogen) atoms. The minimum Gasteiger partial charge on any atom is -0.465 e. The van der Waals surface area contributed by atoms with E-state index in [-0.39, 0.29) is 36.0 Å². The Morgan fingerprint density at radius 1 is 1.05 bits per heavy atom. The minimum atomic E-state index is -0.925. The third-order valence-electron chi connectivity index (χ3n) is 6.10. The zero-order chi connectivity index (χ0) is 27.4. The van der Waals surface area contributed by atoms with Crippen LogP contribution in [0, 0.1) is 5.82 Å². The normalized spacial score (nSPS) is 16.7. The molecule has 4 rings (SSSR count). The van der Waals surface area contributed by atoms with Crippen LogP contribution >= 0.6 is 11.6 Å². The summed E-state index contributed by atoms with van der Waals surface area (Å²) in [5.41, 5.74) is -0.406. The van der Waals surface area contributed by atoms with Crippen LogP contribution in [0.3, 0.4) is 0 Å². The van der Waals surface area contributed by atoms with Crippen molar-refractivity contribution in [3.05, 3.63) is 87.6 Å². The second-order valence-electron chi connectivity index (χ2n) is 8.44. The highest BCUT2D eigenvalue weighted by Gasteiger charge is 2.40. The first-order chi connectivity index (χ1) is 18.2. The van der Waals surface area contributed by atoms with Gasteiger partial charge < -0.3 is 25.0 Å². The van der Waals surface area contributed by atoms with E-state index in [4.69, 9.17) is 16.3 Å². The molecule has 12 heteroatoms. The van der Waals surface area contributed by atoms with Gasteiger partial charge in [-0.1, -0.05) is 11.6 Å². The molecule has 2 atom stereocenters. The topological polar surface area (TPSA) is 119 Å². The number of hydrogen-bond donors (Lipinski definition) is 2. The lowest BCUT2D eigenvalue weighted by Crippen LogP contribution is -2.45. The number of halogens is 2. The summed E-state index contributed by atoms with van der Waals surface area (Å²) in [7, 11) is 2.63. The number of likely N-dealkylation sites (tertiary alicyclic amines) is 1. The van der Waals surface area contributed by atoms with Crippen molar-refractivity contribution in [2.45, 2.75) is 18.6 Å². The average Bonchev–Trinajstić information content (AvgIpc) is 3.36. The fourth-order valence-corrected chi connectivity index (χ4v) is 4.23. The fourth-order valence-electron chi connectivity index (χ4n) is 4.10. The van der Waals surface area contributed by atoms with Gasteiger partial charge in [0.15, 0.2) is 0 Å². The predicted molar refractivity (Wildman–Crippen MR) is 138 cm³/mol. The number of hydrogen-bond acceptors (Lipinski definition) is 6. The molecule has 2 aromatic carbocycles. The van der Waals surface area contributed by atoms with Crippen LogP contribution < -0.4 is 16.2 Å². The van der Waals surface area contributed by atoms with Crippen molar-refractivity contribution in [3.8, 4) is 5.69 Å². The number of aromatic nitrogens is 1. The number of amides is 3. The van der Waals surface area contributed by atoms with Crippen molar-refractivity contribution in [3.63, 3.8) is 0 Å². The maximum absolute atomic E-state index is 15.0. The monoisotopic (exact) mass is 542 g/mol. The van der Waals surface area contributed by atoms with Gasteiger partial charge in [0.05, 0.1) is 24.6 Å². The molecule has 10 nitrogen and oxygen atoms in total. The predicted octanol–water partition coefficient (Wildman–Crippen LogP) is 3.68. The Labute approximate surface area is 221 Å². The Morgan fingerprint density at radius 2 is 1.79 bits per heavy atom. The van der Waals surface area contributed by atoms with Crippen LogP contribution in [0.4, 0.5) is 20.6 Å². The van der Waals surface area contributed by atoms with E-state index in [2.05, 4.69) is 15.4 Å². The third kappa shape index (κ3) is 5.68. The van der Waals surface area contributed by atoms with Crippen LogP contribution in [0.2, 0.25) is 5.02 Å². The van der Waals surface area contributed by atoms with Crippen molar-refractivity contribution in [1.82, 2.24) is 9.47 Å². The van der Waals surface area contributed by atoms with Crippen LogP contribution in [0.1, 0.15) is 16.8 Å². The minimum absolute atomic E-state index is 0.139. The van der Waals surface area contributed by atoms with Crippen LogP contribution in [0.15, 0.2) is 65.6 Å². The number of ether oxygens (including phenoxy) is 2. The zero-order valence-corrected chi connectivity index (χ0v) is 21.2. The largest absolute Gasteiger partial charge is 0.465 e. The summed E-state index contributed by atoms with van der Waals surface area (Å²) >= 11 is 5.89. The standard InChI is InChI=1S/C26H24ClFN4O6/c1-37-18-13-22(32(14-18)26(36)29-16-7-5-15(27)6-8-16)23(33)30-21-10-9-17(12-20(21)28)31-11-3-4-19(24(31)34)25(35)38-2/h3-12,18,22H,13-14H2,1-2H3,(H,29,36)(H,30,33). The lowest BCUT2D eigenvalue weighted by molar-refractivity contribution is -0.119. The van der Waals surface area contributed by atoms with Gasteiger partial charge >= 0.3 is 12.0 Å². The molecule has 2 unspecified atom stereocenters. The lowest BCUT2D eigenvalue weighted by Gasteiger charge is -2.24. The van der Waals surface area contributed by atoms with Crippen molar-refractivity contribution in [2.75, 3.05) is 31.4 Å². The number of urea groups is 1. The van der Waals surface area contributed by atoms with Crippen LogP contribution in [-0.2, 0) is 14.3 Å². The highest BCUT2D eigenvalue weighted by Crippen LogP contribution is 2.25. The summed E-state index contributed by atoms with van der Waals surface area (Å²) in [6.07, 6.45) is 1.21. The molecular weight excluding hydrogens is 519 g/mol. The van der Waals surface area contributed by atoms with Gasteiger partial charge in [0.25, 0.3) is 5.56 Å². The Balaban J connectivity index is 1.52. The maximum Gasteiger partial charge on any atom is 0.343 e. The summed E-state index contributed by atoms with van der Waals surface area (Å²) in [6.45, 7) is 0.162. The second-order valence-corrected chi connectivity index (χ2v) is 8.88. The molecular formula is C26H24ClFN4O6. The van der Waals surface area contributed by atoms with Crippen molar-refractivity contribution in [2.24, 2.45) is 0 Å². The number of nitrogens with one attached hydrogen (secondary N) is 2. The van der Waals surface area contributed by atoms with E-state index in [1.807, 2.05) is 0 Å². The van der Waals surface area contributed by atoms with Gasteiger partial charge in [0.2, 0.25) is 5.91 Å². The van der Waals surface area contributed by atoms with E-state index >= 15 is 4.39 Å². The number of carbonyl (C=O) groups excluding carboxylic acids is 3. The molecule has 198 valence electrons. The average molecular weight is 543 g/mol. The Hall–Kier alpha value is -4.22. The first-order valence-electron chi connectivity index (χ1n) is 11.5. The first-order valence-corrected chi connectivity index (χ1v) is 11.9. The lowest BCUT2D eigenvalue weighted by atomic mass is 10.1. The van der Waals surface area contributed by atoms with Crippen LogP contribution in [0.25, 0.3) is 5.69 Å².